The Morgan fingerprint density at radius 2 is 1.95 bits per heavy atom. The Kier molecular flexibility index (Phi) is 4.18. The second-order valence-corrected chi connectivity index (χ2v) is 6.43. The molecule has 0 spiro atoms. The van der Waals surface area contributed by atoms with Crippen molar-refractivity contribution in [2.24, 2.45) is 5.92 Å². The molecule has 114 valence electrons. The van der Waals surface area contributed by atoms with E-state index in [1.165, 1.54) is 18.4 Å². The third kappa shape index (κ3) is 3.00. The lowest BCUT2D eigenvalue weighted by atomic mass is 10.0. The van der Waals surface area contributed by atoms with E-state index >= 15 is 0 Å². The molecule has 3 rings (SSSR count). The van der Waals surface area contributed by atoms with Gasteiger partial charge in [-0.15, -0.1) is 11.3 Å². The fourth-order valence-electron chi connectivity index (χ4n) is 2.16. The molecule has 2 aromatic rings. The fourth-order valence-corrected chi connectivity index (χ4v) is 3.24. The molecule has 22 heavy (non-hydrogen) atoms. The van der Waals surface area contributed by atoms with Crippen LogP contribution in [0, 0.1) is 5.92 Å². The van der Waals surface area contributed by atoms with Gasteiger partial charge >= 0.3 is 5.97 Å². The molecule has 0 bridgehead atoms. The number of benzene rings is 1. The van der Waals surface area contributed by atoms with Crippen molar-refractivity contribution in [1.29, 1.82) is 0 Å². The lowest BCUT2D eigenvalue weighted by Gasteiger charge is -2.07. The van der Waals surface area contributed by atoms with Crippen LogP contribution in [0.3, 0.4) is 0 Å². The normalized spacial score (nSPS) is 13.7. The first-order valence-electron chi connectivity index (χ1n) is 6.86. The molecule has 0 radical (unpaired) electrons. The van der Waals surface area contributed by atoms with Crippen LogP contribution in [0.25, 0.3) is 11.1 Å². The second-order valence-electron chi connectivity index (χ2n) is 5.12. The highest BCUT2D eigenvalue weighted by molar-refractivity contribution is 7.15. The van der Waals surface area contributed by atoms with E-state index < -0.39 is 5.97 Å². The van der Waals surface area contributed by atoms with Crippen LogP contribution in [0.4, 0.5) is 5.00 Å². The van der Waals surface area contributed by atoms with E-state index in [1.807, 2.05) is 17.5 Å². The average molecular weight is 336 g/mol. The zero-order valence-corrected chi connectivity index (χ0v) is 13.5. The lowest BCUT2D eigenvalue weighted by molar-refractivity contribution is -0.117. The molecular weight excluding hydrogens is 322 g/mol. The summed E-state index contributed by atoms with van der Waals surface area (Å²) < 4.78 is 4.87. The summed E-state index contributed by atoms with van der Waals surface area (Å²) in [7, 11) is 1.33. The number of hydrogen-bond acceptors (Lipinski definition) is 4. The van der Waals surface area contributed by atoms with Crippen LogP contribution in [0.1, 0.15) is 23.2 Å². The minimum absolute atomic E-state index is 0.0327. The maximum absolute atomic E-state index is 12.1. The third-order valence-electron chi connectivity index (χ3n) is 3.52. The van der Waals surface area contributed by atoms with Crippen molar-refractivity contribution >= 4 is 39.8 Å². The number of methoxy groups -OCH3 is 1. The number of ether oxygens (including phenoxy) is 1. The van der Waals surface area contributed by atoms with Gasteiger partial charge in [0.15, 0.2) is 0 Å². The maximum atomic E-state index is 12.1. The zero-order valence-electron chi connectivity index (χ0n) is 11.9. The number of amides is 1. The molecule has 1 aliphatic carbocycles. The summed E-state index contributed by atoms with van der Waals surface area (Å²) in [4.78, 5) is 24.1. The van der Waals surface area contributed by atoms with E-state index in [0.717, 1.165) is 24.0 Å². The van der Waals surface area contributed by atoms with Gasteiger partial charge in [0, 0.05) is 21.9 Å². The number of esters is 1. The van der Waals surface area contributed by atoms with E-state index in [-0.39, 0.29) is 11.8 Å². The van der Waals surface area contributed by atoms with Gasteiger partial charge in [-0.2, -0.15) is 0 Å². The van der Waals surface area contributed by atoms with Crippen LogP contribution in [0.5, 0.6) is 0 Å². The van der Waals surface area contributed by atoms with Crippen LogP contribution in [-0.2, 0) is 9.53 Å². The van der Waals surface area contributed by atoms with Crippen molar-refractivity contribution in [2.75, 3.05) is 12.4 Å². The monoisotopic (exact) mass is 335 g/mol. The first kappa shape index (κ1) is 15.1. The Balaban J connectivity index is 1.98. The Labute approximate surface area is 137 Å². The Bertz CT molecular complexity index is 719. The van der Waals surface area contributed by atoms with E-state index in [1.54, 1.807) is 12.1 Å². The molecule has 0 atom stereocenters. The van der Waals surface area contributed by atoms with Crippen molar-refractivity contribution in [2.45, 2.75) is 12.8 Å². The molecule has 0 saturated heterocycles. The zero-order chi connectivity index (χ0) is 15.7. The molecule has 1 amide bonds. The number of anilines is 1. The van der Waals surface area contributed by atoms with Gasteiger partial charge in [0.1, 0.15) is 10.6 Å². The fraction of sp³-hybridized carbons (Fsp3) is 0.250. The molecule has 0 aliphatic heterocycles. The van der Waals surface area contributed by atoms with Crippen LogP contribution < -0.4 is 5.32 Å². The maximum Gasteiger partial charge on any atom is 0.341 e. The van der Waals surface area contributed by atoms with Crippen LogP contribution in [0.2, 0.25) is 5.02 Å². The molecule has 1 fully saturated rings. The highest BCUT2D eigenvalue weighted by Crippen LogP contribution is 2.38. The van der Waals surface area contributed by atoms with E-state index in [2.05, 4.69) is 5.32 Å². The van der Waals surface area contributed by atoms with Crippen LogP contribution in [-0.4, -0.2) is 19.0 Å². The highest BCUT2D eigenvalue weighted by atomic mass is 35.5. The Morgan fingerprint density at radius 1 is 1.27 bits per heavy atom. The average Bonchev–Trinajstić information content (AvgIpc) is 3.29. The molecule has 4 nitrogen and oxygen atoms in total. The van der Waals surface area contributed by atoms with Crippen molar-refractivity contribution in [3.8, 4) is 11.1 Å². The molecule has 1 aliphatic rings. The summed E-state index contributed by atoms with van der Waals surface area (Å²) >= 11 is 7.23. The third-order valence-corrected chi connectivity index (χ3v) is 4.67. The summed E-state index contributed by atoms with van der Waals surface area (Å²) in [6, 6.07) is 7.20. The van der Waals surface area contributed by atoms with Crippen molar-refractivity contribution in [3.63, 3.8) is 0 Å². The minimum atomic E-state index is -0.461. The number of carbonyl (C=O) groups is 2. The van der Waals surface area contributed by atoms with Crippen molar-refractivity contribution in [1.82, 2.24) is 0 Å². The highest BCUT2D eigenvalue weighted by Gasteiger charge is 2.31. The predicted octanol–water partition coefficient (Wildman–Crippen LogP) is 4.20. The van der Waals surface area contributed by atoms with Crippen molar-refractivity contribution < 1.29 is 14.3 Å². The molecule has 1 N–H and O–H groups in total. The first-order chi connectivity index (χ1) is 10.6. The number of nitrogens with one attached hydrogen (secondary N) is 1. The largest absolute Gasteiger partial charge is 0.465 e. The van der Waals surface area contributed by atoms with Gasteiger partial charge in [-0.1, -0.05) is 23.7 Å². The molecular formula is C16H14ClNO3S. The number of halogens is 1. The first-order valence-corrected chi connectivity index (χ1v) is 8.12. The van der Waals surface area contributed by atoms with Gasteiger partial charge in [0.2, 0.25) is 5.91 Å². The summed E-state index contributed by atoms with van der Waals surface area (Å²) in [6.07, 6.45) is 1.82. The molecule has 1 aromatic carbocycles. The van der Waals surface area contributed by atoms with Gasteiger partial charge in [0.25, 0.3) is 0 Å². The summed E-state index contributed by atoms with van der Waals surface area (Å²) in [5.41, 5.74) is 1.98. The van der Waals surface area contributed by atoms with Gasteiger partial charge < -0.3 is 10.1 Å². The van der Waals surface area contributed by atoms with Gasteiger partial charge in [-0.3, -0.25) is 4.79 Å². The second kappa shape index (κ2) is 6.10. The molecule has 1 aromatic heterocycles. The number of hydrogen-bond donors (Lipinski definition) is 1. The molecule has 0 unspecified atom stereocenters. The van der Waals surface area contributed by atoms with Crippen LogP contribution >= 0.6 is 22.9 Å². The molecule has 1 heterocycles. The number of rotatable bonds is 4. The van der Waals surface area contributed by atoms with E-state index in [9.17, 15) is 9.59 Å². The summed E-state index contributed by atoms with van der Waals surface area (Å²) in [6.45, 7) is 0. The summed E-state index contributed by atoms with van der Waals surface area (Å²) in [5, 5.41) is 5.85. The molecule has 6 heteroatoms. The van der Waals surface area contributed by atoms with Crippen LogP contribution in [0.15, 0.2) is 29.6 Å². The smallest absolute Gasteiger partial charge is 0.341 e. The van der Waals surface area contributed by atoms with Gasteiger partial charge in [-0.05, 0) is 30.5 Å². The van der Waals surface area contributed by atoms with E-state index in [4.69, 9.17) is 16.3 Å². The number of thiophene rings is 1. The van der Waals surface area contributed by atoms with Gasteiger partial charge in [-0.25, -0.2) is 4.79 Å². The van der Waals surface area contributed by atoms with Crippen molar-refractivity contribution in [3.05, 3.63) is 40.2 Å². The van der Waals surface area contributed by atoms with Gasteiger partial charge in [0.05, 0.1) is 7.11 Å². The topological polar surface area (TPSA) is 55.4 Å². The standard InChI is InChI=1S/C16H14ClNO3S/c1-21-16(20)13-12(9-4-6-11(17)7-5-9)8-22-15(13)18-14(19)10-2-3-10/h4-8,10H,2-3H2,1H3,(H,18,19). The Hall–Kier alpha value is -1.85. The predicted molar refractivity (Wildman–Crippen MR) is 87.5 cm³/mol. The lowest BCUT2D eigenvalue weighted by Crippen LogP contribution is -2.15. The Morgan fingerprint density at radius 3 is 2.55 bits per heavy atom. The van der Waals surface area contributed by atoms with E-state index in [0.29, 0.717) is 15.6 Å². The minimum Gasteiger partial charge on any atom is -0.465 e. The quantitative estimate of drug-likeness (QED) is 0.852. The SMILES string of the molecule is COC(=O)c1c(-c2ccc(Cl)cc2)csc1NC(=O)C1CC1. The number of carbonyl (C=O) groups excluding carboxylic acids is 2. The molecule has 1 saturated carbocycles. The summed E-state index contributed by atoms with van der Waals surface area (Å²) in [5.74, 6) is -0.418.